The maximum absolute atomic E-state index is 11.5. The Morgan fingerprint density at radius 3 is 2.56 bits per heavy atom. The molecule has 4 nitrogen and oxygen atoms in total. The molecule has 0 unspecified atom stereocenters. The molecule has 0 aromatic heterocycles. The number of hydrogen-bond acceptors (Lipinski definition) is 3. The van der Waals surface area contributed by atoms with Crippen LogP contribution < -0.4 is 5.32 Å². The highest BCUT2D eigenvalue weighted by molar-refractivity contribution is 8.13. The molecule has 0 radical (unpaired) electrons. The van der Waals surface area contributed by atoms with Crippen molar-refractivity contribution in [3.63, 3.8) is 0 Å². The topological polar surface area (TPSA) is 63.2 Å². The van der Waals surface area contributed by atoms with Crippen molar-refractivity contribution in [3.8, 4) is 0 Å². The molecule has 1 amide bonds. The van der Waals surface area contributed by atoms with Gasteiger partial charge in [0.2, 0.25) is 5.91 Å². The molecule has 1 aromatic carbocycles. The average molecular weight is 290 g/mol. The zero-order valence-corrected chi connectivity index (χ0v) is 11.9. The summed E-state index contributed by atoms with van der Waals surface area (Å²) in [6, 6.07) is 4.37. The van der Waals surface area contributed by atoms with E-state index >= 15 is 0 Å². The predicted molar refractivity (Wildman–Crippen MR) is 72.4 cm³/mol. The number of benzene rings is 1. The molecule has 0 saturated heterocycles. The van der Waals surface area contributed by atoms with E-state index in [0.29, 0.717) is 17.7 Å². The van der Waals surface area contributed by atoms with Crippen LogP contribution in [0.2, 0.25) is 0 Å². The number of halogens is 1. The number of nitrogens with one attached hydrogen (secondary N) is 1. The lowest BCUT2D eigenvalue weighted by atomic mass is 10.2. The van der Waals surface area contributed by atoms with Gasteiger partial charge in [0, 0.05) is 22.8 Å². The molecule has 0 atom stereocenters. The number of carbonyl (C=O) groups is 1. The van der Waals surface area contributed by atoms with Crippen molar-refractivity contribution >= 4 is 31.3 Å². The molecule has 0 fully saturated rings. The van der Waals surface area contributed by atoms with E-state index in [1.54, 1.807) is 13.0 Å². The Kier molecular flexibility index (Phi) is 5.16. The normalized spacial score (nSPS) is 11.3. The molecule has 1 aromatic rings. The van der Waals surface area contributed by atoms with Crippen molar-refractivity contribution in [3.05, 3.63) is 23.8 Å². The lowest BCUT2D eigenvalue weighted by molar-refractivity contribution is -0.116. The van der Waals surface area contributed by atoms with E-state index in [9.17, 15) is 13.2 Å². The molecule has 0 heterocycles. The van der Waals surface area contributed by atoms with E-state index in [2.05, 4.69) is 5.32 Å². The number of aryl methyl sites for hydroxylation is 1. The molecule has 6 heteroatoms. The number of amides is 1. The van der Waals surface area contributed by atoms with Gasteiger partial charge in [0.25, 0.3) is 9.05 Å². The molecular formula is C12H16ClNO3S. The summed E-state index contributed by atoms with van der Waals surface area (Å²) in [6.07, 6.45) is 2.25. The SMILES string of the molecule is CCCCC(=O)Nc1ccc(S(=O)(=O)Cl)cc1C. The van der Waals surface area contributed by atoms with Crippen LogP contribution in [-0.2, 0) is 13.8 Å². The summed E-state index contributed by atoms with van der Waals surface area (Å²) in [5.74, 6) is -0.0681. The van der Waals surface area contributed by atoms with Gasteiger partial charge >= 0.3 is 0 Å². The summed E-state index contributed by atoms with van der Waals surface area (Å²) < 4.78 is 22.3. The number of carbonyl (C=O) groups excluding carboxylic acids is 1. The van der Waals surface area contributed by atoms with Gasteiger partial charge < -0.3 is 5.32 Å². The second-order valence-corrected chi connectivity index (χ2v) is 6.63. The first-order chi connectivity index (χ1) is 8.34. The maximum Gasteiger partial charge on any atom is 0.261 e. The molecule has 1 rings (SSSR count). The van der Waals surface area contributed by atoms with Crippen molar-refractivity contribution in [2.75, 3.05) is 5.32 Å². The van der Waals surface area contributed by atoms with Crippen LogP contribution in [0.25, 0.3) is 0 Å². The molecule has 0 aliphatic rings. The van der Waals surface area contributed by atoms with E-state index in [-0.39, 0.29) is 10.8 Å². The van der Waals surface area contributed by atoms with Crippen molar-refractivity contribution < 1.29 is 13.2 Å². The molecular weight excluding hydrogens is 274 g/mol. The summed E-state index contributed by atoms with van der Waals surface area (Å²) in [4.78, 5) is 11.6. The quantitative estimate of drug-likeness (QED) is 0.847. The summed E-state index contributed by atoms with van der Waals surface area (Å²) in [5, 5.41) is 2.75. The summed E-state index contributed by atoms with van der Waals surface area (Å²) in [6.45, 7) is 3.74. The third-order valence-corrected chi connectivity index (χ3v) is 3.86. The van der Waals surface area contributed by atoms with Gasteiger partial charge in [-0.2, -0.15) is 0 Å². The van der Waals surface area contributed by atoms with Crippen molar-refractivity contribution in [2.45, 2.75) is 38.0 Å². The lowest BCUT2D eigenvalue weighted by Crippen LogP contribution is -2.12. The zero-order chi connectivity index (χ0) is 13.8. The first-order valence-electron chi connectivity index (χ1n) is 5.69. The van der Waals surface area contributed by atoms with Crippen LogP contribution in [0.4, 0.5) is 5.69 Å². The van der Waals surface area contributed by atoms with Gasteiger partial charge in [0.15, 0.2) is 0 Å². The molecule has 100 valence electrons. The number of hydrogen-bond donors (Lipinski definition) is 1. The van der Waals surface area contributed by atoms with Crippen LogP contribution in [0.15, 0.2) is 23.1 Å². The van der Waals surface area contributed by atoms with Crippen molar-refractivity contribution in [1.82, 2.24) is 0 Å². The van der Waals surface area contributed by atoms with Gasteiger partial charge in [0.1, 0.15) is 0 Å². The highest BCUT2D eigenvalue weighted by atomic mass is 35.7. The summed E-state index contributed by atoms with van der Waals surface area (Å²) in [7, 11) is 1.52. The van der Waals surface area contributed by atoms with E-state index < -0.39 is 9.05 Å². The zero-order valence-electron chi connectivity index (χ0n) is 10.4. The van der Waals surface area contributed by atoms with E-state index in [1.165, 1.54) is 12.1 Å². The highest BCUT2D eigenvalue weighted by Crippen LogP contribution is 2.22. The van der Waals surface area contributed by atoms with Crippen LogP contribution in [0.5, 0.6) is 0 Å². The minimum absolute atomic E-state index is 0.0354. The van der Waals surface area contributed by atoms with Gasteiger partial charge in [0.05, 0.1) is 4.90 Å². The van der Waals surface area contributed by atoms with Crippen LogP contribution in [-0.4, -0.2) is 14.3 Å². The van der Waals surface area contributed by atoms with Gasteiger partial charge in [-0.1, -0.05) is 13.3 Å². The lowest BCUT2D eigenvalue weighted by Gasteiger charge is -2.09. The van der Waals surface area contributed by atoms with Gasteiger partial charge in [-0.3, -0.25) is 4.79 Å². The van der Waals surface area contributed by atoms with Gasteiger partial charge in [-0.05, 0) is 37.1 Å². The van der Waals surface area contributed by atoms with Gasteiger partial charge in [-0.15, -0.1) is 0 Å². The van der Waals surface area contributed by atoms with E-state index in [1.807, 2.05) is 6.92 Å². The molecule has 0 aliphatic carbocycles. The predicted octanol–water partition coefficient (Wildman–Crippen LogP) is 3.05. The Balaban J connectivity index is 2.84. The fourth-order valence-corrected chi connectivity index (χ4v) is 2.31. The Labute approximate surface area is 112 Å². The molecule has 0 saturated carbocycles. The first-order valence-corrected chi connectivity index (χ1v) is 8.00. The second-order valence-electron chi connectivity index (χ2n) is 4.07. The average Bonchev–Trinajstić information content (AvgIpc) is 2.27. The Morgan fingerprint density at radius 1 is 1.39 bits per heavy atom. The molecule has 0 bridgehead atoms. The number of unbranched alkanes of at least 4 members (excludes halogenated alkanes) is 1. The first kappa shape index (κ1) is 15.0. The summed E-state index contributed by atoms with van der Waals surface area (Å²) >= 11 is 0. The number of anilines is 1. The standard InChI is InChI=1S/C12H16ClNO3S/c1-3-4-5-12(15)14-11-7-6-10(8-9(11)2)18(13,16)17/h6-8H,3-5H2,1-2H3,(H,14,15). The third-order valence-electron chi connectivity index (χ3n) is 2.51. The Morgan fingerprint density at radius 2 is 2.06 bits per heavy atom. The highest BCUT2D eigenvalue weighted by Gasteiger charge is 2.12. The van der Waals surface area contributed by atoms with Crippen LogP contribution in [0.3, 0.4) is 0 Å². The van der Waals surface area contributed by atoms with Crippen LogP contribution >= 0.6 is 10.7 Å². The Bertz CT molecular complexity index is 540. The monoisotopic (exact) mass is 289 g/mol. The fraction of sp³-hybridized carbons (Fsp3) is 0.417. The largest absolute Gasteiger partial charge is 0.326 e. The van der Waals surface area contributed by atoms with E-state index in [0.717, 1.165) is 12.8 Å². The van der Waals surface area contributed by atoms with Gasteiger partial charge in [-0.25, -0.2) is 8.42 Å². The molecule has 18 heavy (non-hydrogen) atoms. The molecule has 1 N–H and O–H groups in total. The Hall–Kier alpha value is -1.07. The second kappa shape index (κ2) is 6.20. The molecule has 0 spiro atoms. The van der Waals surface area contributed by atoms with Crippen LogP contribution in [0, 0.1) is 6.92 Å². The maximum atomic E-state index is 11.5. The number of rotatable bonds is 5. The third kappa shape index (κ3) is 4.31. The minimum atomic E-state index is -3.73. The van der Waals surface area contributed by atoms with Crippen molar-refractivity contribution in [1.29, 1.82) is 0 Å². The fourth-order valence-electron chi connectivity index (χ4n) is 1.48. The minimum Gasteiger partial charge on any atom is -0.326 e. The molecule has 0 aliphatic heterocycles. The van der Waals surface area contributed by atoms with E-state index in [4.69, 9.17) is 10.7 Å². The van der Waals surface area contributed by atoms with Crippen LogP contribution in [0.1, 0.15) is 31.7 Å². The van der Waals surface area contributed by atoms with Crippen molar-refractivity contribution in [2.24, 2.45) is 0 Å². The summed E-state index contributed by atoms with van der Waals surface area (Å²) in [5.41, 5.74) is 1.28. The smallest absolute Gasteiger partial charge is 0.261 e.